The Kier molecular flexibility index (Phi) is 10.5. The van der Waals surface area contributed by atoms with E-state index in [1.807, 2.05) is 0 Å². The zero-order valence-electron chi connectivity index (χ0n) is 40.6. The van der Waals surface area contributed by atoms with Gasteiger partial charge in [0.05, 0.1) is 5.52 Å². The second-order valence-electron chi connectivity index (χ2n) is 19.4. The van der Waals surface area contributed by atoms with E-state index in [9.17, 15) is 0 Å². The molecule has 14 rings (SSSR count). The SMILES string of the molecule is c1ccc(-c2ccc3c(c2)[Si](c2ccccc2)(c2ccccc2)c2ccccc2N3c2ccc3nc(N4c5ccccc5[Si](c5ccccc5)(c5ccccc5)c5cc(-c6ccccc6)ccc54)ccc3c2)cc1. The van der Waals surface area contributed by atoms with Gasteiger partial charge in [-0.15, -0.1) is 0 Å². The van der Waals surface area contributed by atoms with Crippen molar-refractivity contribution < 1.29 is 0 Å². The standard InChI is InChI=1S/C69H49N3Si2/c1-7-23-50(24-8-1)52-39-44-63-67(48-52)73(56-27-11-3-12-28-56,57-29-13-4-14-30-57)65-37-21-19-35-61(65)71(63)55-42-43-60-54(47-55)41-46-69(70-60)72-62-36-20-22-38-66(62)74(58-31-15-5-16-32-58,59-33-17-6-18-34-59)68-49-53(40-45-64(68)72)51-25-9-2-10-26-51/h1-49H. The van der Waals surface area contributed by atoms with Crippen LogP contribution in [0.2, 0.25) is 0 Å². The van der Waals surface area contributed by atoms with Gasteiger partial charge < -0.3 is 4.90 Å². The Labute approximate surface area is 434 Å². The van der Waals surface area contributed by atoms with Crippen LogP contribution in [0, 0.1) is 0 Å². The van der Waals surface area contributed by atoms with Crippen molar-refractivity contribution in [2.24, 2.45) is 0 Å². The Morgan fingerprint density at radius 2 is 0.635 bits per heavy atom. The number of aromatic nitrogens is 1. The molecule has 0 bridgehead atoms. The van der Waals surface area contributed by atoms with Gasteiger partial charge in [-0.25, -0.2) is 4.98 Å². The summed E-state index contributed by atoms with van der Waals surface area (Å²) in [4.78, 5) is 10.5. The molecule has 12 aromatic rings. The van der Waals surface area contributed by atoms with Crippen LogP contribution in [0.25, 0.3) is 33.2 Å². The maximum Gasteiger partial charge on any atom is 0.184 e. The molecule has 348 valence electrons. The highest BCUT2D eigenvalue weighted by Crippen LogP contribution is 2.43. The Morgan fingerprint density at radius 3 is 1.09 bits per heavy atom. The molecule has 3 nitrogen and oxygen atoms in total. The van der Waals surface area contributed by atoms with Crippen LogP contribution in [-0.4, -0.2) is 21.1 Å². The summed E-state index contributed by atoms with van der Waals surface area (Å²) in [7, 11) is -5.79. The summed E-state index contributed by atoms with van der Waals surface area (Å²) in [5.41, 5.74) is 11.6. The van der Waals surface area contributed by atoms with E-state index in [2.05, 4.69) is 307 Å². The van der Waals surface area contributed by atoms with E-state index < -0.39 is 16.1 Å². The summed E-state index contributed by atoms with van der Waals surface area (Å²) in [5, 5.41) is 11.9. The van der Waals surface area contributed by atoms with Crippen LogP contribution in [0.1, 0.15) is 0 Å². The highest BCUT2D eigenvalue weighted by molar-refractivity contribution is 7.22. The van der Waals surface area contributed by atoms with Crippen LogP contribution in [0.3, 0.4) is 0 Å². The van der Waals surface area contributed by atoms with Gasteiger partial charge in [0.2, 0.25) is 0 Å². The van der Waals surface area contributed by atoms with Crippen molar-refractivity contribution in [1.82, 2.24) is 4.98 Å². The molecule has 2 aliphatic rings. The second-order valence-corrected chi connectivity index (χ2v) is 26.9. The lowest BCUT2D eigenvalue weighted by Gasteiger charge is -2.45. The molecule has 0 radical (unpaired) electrons. The molecule has 0 unspecified atom stereocenters. The van der Waals surface area contributed by atoms with Gasteiger partial charge in [0, 0.05) is 33.8 Å². The highest BCUT2D eigenvalue weighted by atomic mass is 28.3. The van der Waals surface area contributed by atoms with Gasteiger partial charge in [-0.2, -0.15) is 0 Å². The van der Waals surface area contributed by atoms with E-state index in [0.717, 1.165) is 33.8 Å². The average Bonchev–Trinajstić information content (AvgIpc) is 3.50. The van der Waals surface area contributed by atoms with Crippen molar-refractivity contribution in [3.63, 3.8) is 0 Å². The van der Waals surface area contributed by atoms with Crippen molar-refractivity contribution in [3.05, 3.63) is 297 Å². The number of nitrogens with zero attached hydrogens (tertiary/aromatic N) is 3. The van der Waals surface area contributed by atoms with Gasteiger partial charge >= 0.3 is 0 Å². The molecule has 2 aliphatic heterocycles. The van der Waals surface area contributed by atoms with Crippen LogP contribution < -0.4 is 51.3 Å². The van der Waals surface area contributed by atoms with E-state index in [4.69, 9.17) is 4.98 Å². The predicted octanol–water partition coefficient (Wildman–Crippen LogP) is 11.9. The first-order chi connectivity index (χ1) is 36.7. The minimum atomic E-state index is -2.90. The summed E-state index contributed by atoms with van der Waals surface area (Å²) in [6, 6.07) is 111. The van der Waals surface area contributed by atoms with Gasteiger partial charge in [-0.05, 0) is 118 Å². The molecule has 5 heteroatoms. The Balaban J connectivity index is 0.954. The maximum atomic E-state index is 5.62. The topological polar surface area (TPSA) is 19.4 Å². The Bertz CT molecular complexity index is 3680. The molecule has 1 aromatic heterocycles. The third-order valence-corrected chi connectivity index (χ3v) is 25.2. The second kappa shape index (κ2) is 17.9. The number of rotatable bonds is 8. The Morgan fingerprint density at radius 1 is 0.257 bits per heavy atom. The molecule has 74 heavy (non-hydrogen) atoms. The maximum absolute atomic E-state index is 5.62. The average molecular weight is 976 g/mol. The van der Waals surface area contributed by atoms with E-state index in [-0.39, 0.29) is 0 Å². The lowest BCUT2D eigenvalue weighted by Crippen LogP contribution is -2.77. The number of hydrogen-bond acceptors (Lipinski definition) is 3. The molecule has 11 aromatic carbocycles. The number of anilines is 6. The molecule has 0 N–H and O–H groups in total. The minimum Gasteiger partial charge on any atom is -0.311 e. The van der Waals surface area contributed by atoms with Crippen LogP contribution in [0.15, 0.2) is 297 Å². The van der Waals surface area contributed by atoms with Crippen molar-refractivity contribution >= 4 is 103 Å². The van der Waals surface area contributed by atoms with E-state index in [1.165, 1.54) is 75.1 Å². The molecule has 0 atom stereocenters. The zero-order valence-corrected chi connectivity index (χ0v) is 42.6. The summed E-state index contributed by atoms with van der Waals surface area (Å²) < 4.78 is 0. The van der Waals surface area contributed by atoms with E-state index >= 15 is 0 Å². The normalized spacial score (nSPS) is 13.8. The summed E-state index contributed by atoms with van der Waals surface area (Å²) >= 11 is 0. The fourth-order valence-corrected chi connectivity index (χ4v) is 22.7. The number of pyridine rings is 1. The lowest BCUT2D eigenvalue weighted by atomic mass is 10.0. The highest BCUT2D eigenvalue weighted by Gasteiger charge is 2.50. The first kappa shape index (κ1) is 43.6. The zero-order chi connectivity index (χ0) is 49.1. The molecule has 0 amide bonds. The third-order valence-electron chi connectivity index (χ3n) is 15.6. The van der Waals surface area contributed by atoms with Gasteiger partial charge in [0.15, 0.2) is 16.1 Å². The molecule has 0 spiro atoms. The number of fused-ring (bicyclic) bond motifs is 5. The monoisotopic (exact) mass is 975 g/mol. The first-order valence-electron chi connectivity index (χ1n) is 25.5. The summed E-state index contributed by atoms with van der Waals surface area (Å²) in [5.74, 6) is 0.888. The lowest BCUT2D eigenvalue weighted by molar-refractivity contribution is 1.21. The van der Waals surface area contributed by atoms with Gasteiger partial charge in [0.25, 0.3) is 0 Å². The Hall–Kier alpha value is -9.14. The molecular formula is C69H49N3Si2. The first-order valence-corrected chi connectivity index (χ1v) is 29.5. The van der Waals surface area contributed by atoms with Gasteiger partial charge in [-0.1, -0.05) is 243 Å². The third kappa shape index (κ3) is 6.74. The molecule has 3 heterocycles. The van der Waals surface area contributed by atoms with Crippen LogP contribution in [0.4, 0.5) is 34.3 Å². The fourth-order valence-electron chi connectivity index (χ4n) is 12.4. The smallest absolute Gasteiger partial charge is 0.184 e. The van der Waals surface area contributed by atoms with Gasteiger partial charge in [-0.3, -0.25) is 4.90 Å². The number of hydrogen-bond donors (Lipinski definition) is 0. The van der Waals surface area contributed by atoms with Gasteiger partial charge in [0.1, 0.15) is 5.82 Å². The number of benzene rings is 11. The quantitative estimate of drug-likeness (QED) is 0.141. The van der Waals surface area contributed by atoms with Crippen LogP contribution in [0.5, 0.6) is 0 Å². The molecule has 0 saturated carbocycles. The fraction of sp³-hybridized carbons (Fsp3) is 0. The minimum absolute atomic E-state index is 0.888. The van der Waals surface area contributed by atoms with Crippen molar-refractivity contribution in [2.75, 3.05) is 9.80 Å². The van der Waals surface area contributed by atoms with Crippen molar-refractivity contribution in [3.8, 4) is 22.3 Å². The molecule has 0 saturated heterocycles. The van der Waals surface area contributed by atoms with Crippen molar-refractivity contribution in [2.45, 2.75) is 0 Å². The molecule has 0 fully saturated rings. The predicted molar refractivity (Wildman–Crippen MR) is 316 cm³/mol. The van der Waals surface area contributed by atoms with Crippen molar-refractivity contribution in [1.29, 1.82) is 0 Å². The number of para-hydroxylation sites is 2. The summed E-state index contributed by atoms with van der Waals surface area (Å²) in [6.45, 7) is 0. The molecule has 0 aliphatic carbocycles. The molecular weight excluding hydrogens is 927 g/mol. The van der Waals surface area contributed by atoms with Crippen LogP contribution in [-0.2, 0) is 0 Å². The largest absolute Gasteiger partial charge is 0.311 e. The van der Waals surface area contributed by atoms with E-state index in [1.54, 1.807) is 0 Å². The van der Waals surface area contributed by atoms with Crippen LogP contribution >= 0.6 is 0 Å². The summed E-state index contributed by atoms with van der Waals surface area (Å²) in [6.07, 6.45) is 0. The van der Waals surface area contributed by atoms with E-state index in [0.29, 0.717) is 0 Å².